The first-order valence-corrected chi connectivity index (χ1v) is 6.45. The molecule has 0 bridgehead atoms. The number of unbranched alkanes of at least 4 members (excludes halogenated alkanes) is 1. The molecule has 0 radical (unpaired) electrons. The molecule has 1 atom stereocenters. The highest BCUT2D eigenvalue weighted by Crippen LogP contribution is 2.34. The summed E-state index contributed by atoms with van der Waals surface area (Å²) in [4.78, 5) is 13.1. The number of rotatable bonds is 5. The zero-order valence-corrected chi connectivity index (χ0v) is 11.0. The van der Waals surface area contributed by atoms with Crippen LogP contribution in [0.15, 0.2) is 18.2 Å². The van der Waals surface area contributed by atoms with E-state index in [9.17, 15) is 9.90 Å². The summed E-state index contributed by atoms with van der Waals surface area (Å²) in [5.74, 6) is 0.563. The van der Waals surface area contributed by atoms with Crippen LogP contribution in [0.4, 0.5) is 5.69 Å². The minimum Gasteiger partial charge on any atom is -0.482 e. The van der Waals surface area contributed by atoms with Crippen LogP contribution in [0.1, 0.15) is 30.9 Å². The molecule has 0 aliphatic carbocycles. The number of amides is 1. The predicted molar refractivity (Wildman–Crippen MR) is 71.2 cm³/mol. The Morgan fingerprint density at radius 1 is 1.42 bits per heavy atom. The van der Waals surface area contributed by atoms with E-state index < -0.39 is 6.10 Å². The van der Waals surface area contributed by atoms with E-state index in [2.05, 4.69) is 0 Å². The molecule has 1 aliphatic rings. The van der Waals surface area contributed by atoms with Gasteiger partial charge in [0.25, 0.3) is 5.91 Å². The third-order valence-electron chi connectivity index (χ3n) is 3.34. The molecule has 2 rings (SSSR count). The second-order valence-corrected chi connectivity index (χ2v) is 4.70. The number of likely N-dealkylation sites (N-methyl/N-ethyl adjacent to an activating group) is 1. The lowest BCUT2D eigenvalue weighted by Crippen LogP contribution is -2.35. The van der Waals surface area contributed by atoms with Crippen molar-refractivity contribution >= 4 is 11.6 Å². The van der Waals surface area contributed by atoms with Gasteiger partial charge < -0.3 is 19.8 Å². The molecule has 1 heterocycles. The first kappa shape index (κ1) is 13.8. The number of fused-ring (bicyclic) bond motifs is 1. The minimum atomic E-state index is -0.581. The van der Waals surface area contributed by atoms with Crippen LogP contribution >= 0.6 is 0 Å². The van der Waals surface area contributed by atoms with Crippen molar-refractivity contribution in [3.05, 3.63) is 23.8 Å². The number of hydrogen-bond acceptors (Lipinski definition) is 4. The number of anilines is 1. The van der Waals surface area contributed by atoms with Crippen LogP contribution in [0.2, 0.25) is 0 Å². The quantitative estimate of drug-likeness (QED) is 0.786. The van der Waals surface area contributed by atoms with Gasteiger partial charge in [0.1, 0.15) is 5.75 Å². The van der Waals surface area contributed by atoms with Crippen LogP contribution in [-0.2, 0) is 4.79 Å². The summed E-state index contributed by atoms with van der Waals surface area (Å²) in [5.41, 5.74) is 1.46. The van der Waals surface area contributed by atoms with E-state index in [-0.39, 0.29) is 19.1 Å². The Kier molecular flexibility index (Phi) is 4.39. The van der Waals surface area contributed by atoms with Crippen molar-refractivity contribution < 1.29 is 19.7 Å². The van der Waals surface area contributed by atoms with Crippen LogP contribution in [0.5, 0.6) is 5.75 Å². The highest BCUT2D eigenvalue weighted by Gasteiger charge is 2.23. The second-order valence-electron chi connectivity index (χ2n) is 4.70. The summed E-state index contributed by atoms with van der Waals surface area (Å²) in [7, 11) is 1.70. The van der Waals surface area contributed by atoms with Gasteiger partial charge in [-0.2, -0.15) is 0 Å². The van der Waals surface area contributed by atoms with Gasteiger partial charge in [0, 0.05) is 13.7 Å². The molecule has 0 aromatic heterocycles. The summed E-state index contributed by atoms with van der Waals surface area (Å²) >= 11 is 0. The number of aliphatic hydroxyl groups excluding tert-OH is 2. The maximum atomic E-state index is 11.6. The van der Waals surface area contributed by atoms with Crippen molar-refractivity contribution in [1.82, 2.24) is 0 Å². The normalized spacial score (nSPS) is 15.9. The zero-order valence-electron chi connectivity index (χ0n) is 11.0. The molecular weight excluding hydrogens is 246 g/mol. The van der Waals surface area contributed by atoms with Crippen LogP contribution in [-0.4, -0.2) is 36.4 Å². The molecule has 0 saturated carbocycles. The van der Waals surface area contributed by atoms with E-state index in [0.717, 1.165) is 12.0 Å². The number of aliphatic hydroxyl groups is 2. The molecule has 0 spiro atoms. The monoisotopic (exact) mass is 265 g/mol. The van der Waals surface area contributed by atoms with Crippen LogP contribution in [0.25, 0.3) is 0 Å². The predicted octanol–water partition coefficient (Wildman–Crippen LogP) is 1.24. The van der Waals surface area contributed by atoms with Crippen LogP contribution in [0, 0.1) is 0 Å². The lowest BCUT2D eigenvalue weighted by atomic mass is 10.0. The minimum absolute atomic E-state index is 0.0574. The molecule has 1 unspecified atom stereocenters. The van der Waals surface area contributed by atoms with Gasteiger partial charge in [-0.25, -0.2) is 0 Å². The van der Waals surface area contributed by atoms with Gasteiger partial charge in [-0.1, -0.05) is 6.07 Å². The highest BCUT2D eigenvalue weighted by molar-refractivity contribution is 5.97. The Hall–Kier alpha value is -1.59. The Bertz CT molecular complexity index is 461. The fourth-order valence-electron chi connectivity index (χ4n) is 2.11. The van der Waals surface area contributed by atoms with Gasteiger partial charge in [-0.05, 0) is 37.0 Å². The molecule has 1 amide bonds. The average molecular weight is 265 g/mol. The summed E-state index contributed by atoms with van der Waals surface area (Å²) in [6, 6.07) is 5.38. The lowest BCUT2D eigenvalue weighted by Gasteiger charge is -2.27. The SMILES string of the molecule is CN1C(=O)COc2ccc(C(O)CCCCO)cc21. The molecule has 5 heteroatoms. The van der Waals surface area contributed by atoms with Crippen molar-refractivity contribution in [2.75, 3.05) is 25.2 Å². The fourth-order valence-corrected chi connectivity index (χ4v) is 2.11. The topological polar surface area (TPSA) is 70.0 Å². The average Bonchev–Trinajstić information content (AvgIpc) is 2.43. The number of hydrogen-bond donors (Lipinski definition) is 2. The maximum absolute atomic E-state index is 11.6. The molecule has 104 valence electrons. The van der Waals surface area contributed by atoms with E-state index in [1.54, 1.807) is 24.1 Å². The van der Waals surface area contributed by atoms with E-state index in [1.165, 1.54) is 0 Å². The first-order chi connectivity index (χ1) is 9.13. The molecule has 1 aliphatic heterocycles. The molecule has 0 fully saturated rings. The van der Waals surface area contributed by atoms with Gasteiger partial charge in [0.15, 0.2) is 6.61 Å². The van der Waals surface area contributed by atoms with Gasteiger partial charge in [-0.15, -0.1) is 0 Å². The third-order valence-corrected chi connectivity index (χ3v) is 3.34. The Morgan fingerprint density at radius 2 is 2.21 bits per heavy atom. The first-order valence-electron chi connectivity index (χ1n) is 6.45. The number of carbonyl (C=O) groups excluding carboxylic acids is 1. The van der Waals surface area contributed by atoms with Crippen molar-refractivity contribution in [3.63, 3.8) is 0 Å². The summed E-state index contributed by atoms with van der Waals surface area (Å²) in [6.07, 6.45) is 1.46. The molecule has 0 saturated heterocycles. The van der Waals surface area contributed by atoms with Crippen LogP contribution in [0.3, 0.4) is 0 Å². The molecule has 2 N–H and O–H groups in total. The van der Waals surface area contributed by atoms with Gasteiger partial charge in [-0.3, -0.25) is 4.79 Å². The Labute approximate surface area is 112 Å². The van der Waals surface area contributed by atoms with E-state index in [4.69, 9.17) is 9.84 Å². The number of ether oxygens (including phenoxy) is 1. The number of nitrogens with zero attached hydrogens (tertiary/aromatic N) is 1. The second kappa shape index (κ2) is 6.04. The third kappa shape index (κ3) is 3.05. The van der Waals surface area contributed by atoms with E-state index in [1.807, 2.05) is 6.07 Å². The number of carbonyl (C=O) groups is 1. The van der Waals surface area contributed by atoms with E-state index >= 15 is 0 Å². The molecular formula is C14H19NO4. The van der Waals surface area contributed by atoms with Crippen molar-refractivity contribution in [2.45, 2.75) is 25.4 Å². The molecule has 1 aromatic carbocycles. The number of benzene rings is 1. The lowest BCUT2D eigenvalue weighted by molar-refractivity contribution is -0.120. The fraction of sp³-hybridized carbons (Fsp3) is 0.500. The largest absolute Gasteiger partial charge is 0.482 e. The van der Waals surface area contributed by atoms with Crippen molar-refractivity contribution in [2.24, 2.45) is 0 Å². The van der Waals surface area contributed by atoms with Crippen LogP contribution < -0.4 is 9.64 Å². The molecule has 19 heavy (non-hydrogen) atoms. The standard InChI is InChI=1S/C14H19NO4/c1-15-11-8-10(12(17)4-2-3-7-16)5-6-13(11)19-9-14(15)18/h5-6,8,12,16-17H,2-4,7,9H2,1H3. The van der Waals surface area contributed by atoms with Crippen molar-refractivity contribution in [3.8, 4) is 5.75 Å². The van der Waals surface area contributed by atoms with Gasteiger partial charge >= 0.3 is 0 Å². The van der Waals surface area contributed by atoms with E-state index in [0.29, 0.717) is 24.3 Å². The van der Waals surface area contributed by atoms with Gasteiger partial charge in [0.2, 0.25) is 0 Å². The highest BCUT2D eigenvalue weighted by atomic mass is 16.5. The zero-order chi connectivity index (χ0) is 13.8. The summed E-state index contributed by atoms with van der Waals surface area (Å²) in [5, 5.41) is 18.8. The summed E-state index contributed by atoms with van der Waals surface area (Å²) in [6.45, 7) is 0.198. The molecule has 5 nitrogen and oxygen atoms in total. The Balaban J connectivity index is 2.13. The smallest absolute Gasteiger partial charge is 0.264 e. The molecule has 1 aromatic rings. The Morgan fingerprint density at radius 3 is 2.95 bits per heavy atom. The maximum Gasteiger partial charge on any atom is 0.264 e. The van der Waals surface area contributed by atoms with Crippen molar-refractivity contribution in [1.29, 1.82) is 0 Å². The summed E-state index contributed by atoms with van der Waals surface area (Å²) < 4.78 is 5.33. The van der Waals surface area contributed by atoms with Gasteiger partial charge in [0.05, 0.1) is 11.8 Å².